The van der Waals surface area contributed by atoms with E-state index in [-0.39, 0.29) is 10.8 Å². The molecular weight excluding hydrogens is 591 g/mol. The first-order valence-corrected chi connectivity index (χ1v) is 17.5. The standard InChI is InChI=1S/C46H34BN2/c1-45(2)35-19-9-10-22-38(35)48-41-29(16-11-20-36(41)45)33-25-32-28-15-7-8-18-34(28)46(3,4)39(32)44-40(33)47-37-21-12-17-30-31-24-23-26-13-5-6-14-27(26)42(31)49(44)43(30)37/h5-25,48H,1-4H3. The number of benzene rings is 7. The van der Waals surface area contributed by atoms with Gasteiger partial charge in [0, 0.05) is 49.4 Å². The van der Waals surface area contributed by atoms with Crippen LogP contribution < -0.4 is 16.2 Å². The lowest BCUT2D eigenvalue weighted by Crippen LogP contribution is -2.39. The molecule has 8 aromatic rings. The molecule has 7 aromatic carbocycles. The minimum Gasteiger partial charge on any atom is -0.355 e. The van der Waals surface area contributed by atoms with Gasteiger partial charge in [0.2, 0.25) is 0 Å². The molecule has 0 fully saturated rings. The highest BCUT2D eigenvalue weighted by Gasteiger charge is 2.42. The van der Waals surface area contributed by atoms with Gasteiger partial charge in [-0.15, -0.1) is 0 Å². The summed E-state index contributed by atoms with van der Waals surface area (Å²) in [5.41, 5.74) is 19.2. The van der Waals surface area contributed by atoms with Crippen molar-refractivity contribution < 1.29 is 0 Å². The third kappa shape index (κ3) is 3.33. The van der Waals surface area contributed by atoms with Gasteiger partial charge in [-0.3, -0.25) is 0 Å². The Bertz CT molecular complexity index is 2780. The fraction of sp³-hybridized carbons (Fsp3) is 0.130. The molecule has 1 aliphatic carbocycles. The topological polar surface area (TPSA) is 17.0 Å². The molecule has 11 rings (SSSR count). The lowest BCUT2D eigenvalue weighted by Gasteiger charge is -2.37. The highest BCUT2D eigenvalue weighted by molar-refractivity contribution is 6.73. The fourth-order valence-electron chi connectivity index (χ4n) is 9.73. The molecule has 0 unspecified atom stereocenters. The van der Waals surface area contributed by atoms with Crippen LogP contribution in [0.25, 0.3) is 60.5 Å². The van der Waals surface area contributed by atoms with E-state index < -0.39 is 0 Å². The van der Waals surface area contributed by atoms with E-state index in [0.717, 1.165) is 0 Å². The first-order chi connectivity index (χ1) is 23.8. The number of nitrogens with one attached hydrogen (secondary N) is 1. The van der Waals surface area contributed by atoms with Crippen molar-refractivity contribution in [3.8, 4) is 27.9 Å². The molecule has 0 bridgehead atoms. The normalized spacial score (nSPS) is 15.6. The number of hydrogen-bond acceptors (Lipinski definition) is 1. The number of nitrogens with zero attached hydrogens (tertiary/aromatic N) is 1. The van der Waals surface area contributed by atoms with Crippen LogP contribution in [0.4, 0.5) is 11.4 Å². The van der Waals surface area contributed by atoms with Crippen LogP contribution in [-0.2, 0) is 10.8 Å². The Kier molecular flexibility index (Phi) is 5.10. The zero-order chi connectivity index (χ0) is 32.8. The fourth-order valence-corrected chi connectivity index (χ4v) is 9.73. The first kappa shape index (κ1) is 27.4. The van der Waals surface area contributed by atoms with Gasteiger partial charge in [0.15, 0.2) is 7.28 Å². The Balaban J connectivity index is 1.33. The van der Waals surface area contributed by atoms with Crippen LogP contribution in [0.5, 0.6) is 0 Å². The average Bonchev–Trinajstić information content (AvgIpc) is 3.58. The minimum atomic E-state index is -0.183. The number of rotatable bonds is 1. The second-order valence-corrected chi connectivity index (χ2v) is 15.2. The quantitative estimate of drug-likeness (QED) is 0.180. The van der Waals surface area contributed by atoms with Gasteiger partial charge in [-0.1, -0.05) is 148 Å². The molecule has 0 amide bonds. The van der Waals surface area contributed by atoms with E-state index in [1.54, 1.807) is 0 Å². The van der Waals surface area contributed by atoms with E-state index in [1.807, 2.05) is 0 Å². The third-order valence-corrected chi connectivity index (χ3v) is 12.0. The Hall–Kier alpha value is -5.54. The summed E-state index contributed by atoms with van der Waals surface area (Å²) in [6, 6.07) is 47.7. The lowest BCUT2D eigenvalue weighted by atomic mass is 9.57. The summed E-state index contributed by atoms with van der Waals surface area (Å²) in [6.45, 7) is 9.57. The van der Waals surface area contributed by atoms with E-state index in [1.165, 1.54) is 105 Å². The van der Waals surface area contributed by atoms with Crippen molar-refractivity contribution in [3.05, 3.63) is 150 Å². The molecule has 0 atom stereocenters. The second kappa shape index (κ2) is 9.12. The highest BCUT2D eigenvalue weighted by Crippen LogP contribution is 2.55. The van der Waals surface area contributed by atoms with Crippen molar-refractivity contribution in [2.24, 2.45) is 0 Å². The summed E-state index contributed by atoms with van der Waals surface area (Å²) < 4.78 is 2.65. The number of para-hydroxylation sites is 3. The molecule has 0 saturated heterocycles. The number of anilines is 2. The molecule has 0 saturated carbocycles. The van der Waals surface area contributed by atoms with Gasteiger partial charge in [-0.05, 0) is 61.9 Å². The average molecular weight is 626 g/mol. The molecule has 2 aliphatic heterocycles. The minimum absolute atomic E-state index is 0.142. The van der Waals surface area contributed by atoms with Crippen molar-refractivity contribution in [3.63, 3.8) is 0 Å². The summed E-state index contributed by atoms with van der Waals surface area (Å²) >= 11 is 0. The van der Waals surface area contributed by atoms with Crippen LogP contribution in [0.15, 0.2) is 127 Å². The molecule has 1 radical (unpaired) electrons. The van der Waals surface area contributed by atoms with Crippen LogP contribution >= 0.6 is 0 Å². The predicted octanol–water partition coefficient (Wildman–Crippen LogP) is 10.3. The predicted molar refractivity (Wildman–Crippen MR) is 208 cm³/mol. The monoisotopic (exact) mass is 625 g/mol. The van der Waals surface area contributed by atoms with Crippen molar-refractivity contribution in [2.45, 2.75) is 38.5 Å². The summed E-state index contributed by atoms with van der Waals surface area (Å²) in [5.74, 6) is 0. The third-order valence-electron chi connectivity index (χ3n) is 12.0. The van der Waals surface area contributed by atoms with Crippen molar-refractivity contribution >= 4 is 62.2 Å². The van der Waals surface area contributed by atoms with Gasteiger partial charge in [0.25, 0.3) is 0 Å². The van der Waals surface area contributed by atoms with Gasteiger partial charge in [-0.2, -0.15) is 0 Å². The van der Waals surface area contributed by atoms with Crippen molar-refractivity contribution in [1.29, 1.82) is 0 Å². The maximum Gasteiger partial charge on any atom is 0.197 e. The van der Waals surface area contributed by atoms with Gasteiger partial charge < -0.3 is 9.88 Å². The molecular formula is C46H34BN2. The highest BCUT2D eigenvalue weighted by atomic mass is 15.0. The van der Waals surface area contributed by atoms with Crippen LogP contribution in [0.3, 0.4) is 0 Å². The largest absolute Gasteiger partial charge is 0.355 e. The first-order valence-electron chi connectivity index (χ1n) is 17.5. The van der Waals surface area contributed by atoms with Crippen molar-refractivity contribution in [2.75, 3.05) is 5.32 Å². The Morgan fingerprint density at radius 2 is 1.22 bits per heavy atom. The molecule has 0 spiro atoms. The number of aromatic nitrogens is 1. The van der Waals surface area contributed by atoms with E-state index >= 15 is 0 Å². The Morgan fingerprint density at radius 1 is 0.531 bits per heavy atom. The zero-order valence-corrected chi connectivity index (χ0v) is 28.1. The molecule has 3 aliphatic rings. The van der Waals surface area contributed by atoms with Gasteiger partial charge >= 0.3 is 0 Å². The molecule has 49 heavy (non-hydrogen) atoms. The molecule has 3 heteroatoms. The zero-order valence-electron chi connectivity index (χ0n) is 28.1. The van der Waals surface area contributed by atoms with Crippen LogP contribution in [0, 0.1) is 0 Å². The summed E-state index contributed by atoms with van der Waals surface area (Å²) in [6.07, 6.45) is 0. The smallest absolute Gasteiger partial charge is 0.197 e. The van der Waals surface area contributed by atoms with E-state index in [0.29, 0.717) is 0 Å². The van der Waals surface area contributed by atoms with Crippen LogP contribution in [-0.4, -0.2) is 11.8 Å². The maximum absolute atomic E-state index is 3.94. The number of fused-ring (bicyclic) bond motifs is 13. The Labute approximate surface area is 287 Å². The van der Waals surface area contributed by atoms with E-state index in [9.17, 15) is 0 Å². The SMILES string of the molecule is CC1(C)c2ccccc2Nc2c(-c3cc4c(c5c3[B]c3cccc6c7ccc8ccccc8c7n-5c36)C(C)(C)c3ccccc3-4)cccc21. The summed E-state index contributed by atoms with van der Waals surface area (Å²) in [5, 5.41) is 9.12. The summed E-state index contributed by atoms with van der Waals surface area (Å²) in [4.78, 5) is 0. The van der Waals surface area contributed by atoms with Gasteiger partial charge in [0.05, 0.1) is 11.2 Å². The Morgan fingerprint density at radius 3 is 2.12 bits per heavy atom. The van der Waals surface area contributed by atoms with Crippen molar-refractivity contribution in [1.82, 2.24) is 4.57 Å². The molecule has 231 valence electrons. The second-order valence-electron chi connectivity index (χ2n) is 15.2. The van der Waals surface area contributed by atoms with E-state index in [2.05, 4.69) is 172 Å². The molecule has 3 heterocycles. The van der Waals surface area contributed by atoms with Crippen LogP contribution in [0.1, 0.15) is 49.9 Å². The van der Waals surface area contributed by atoms with Gasteiger partial charge in [-0.25, -0.2) is 0 Å². The maximum atomic E-state index is 3.94. The molecule has 2 nitrogen and oxygen atoms in total. The number of hydrogen-bond donors (Lipinski definition) is 1. The van der Waals surface area contributed by atoms with Crippen LogP contribution in [0.2, 0.25) is 0 Å². The lowest BCUT2D eigenvalue weighted by molar-refractivity contribution is 0.638. The van der Waals surface area contributed by atoms with Gasteiger partial charge in [0.1, 0.15) is 0 Å². The molecule has 1 aromatic heterocycles. The molecule has 1 N–H and O–H groups in total. The van der Waals surface area contributed by atoms with E-state index in [4.69, 9.17) is 0 Å². The summed E-state index contributed by atoms with van der Waals surface area (Å²) in [7, 11) is 2.48.